The van der Waals surface area contributed by atoms with Gasteiger partial charge in [-0.2, -0.15) is 0 Å². The van der Waals surface area contributed by atoms with Gasteiger partial charge in [-0.3, -0.25) is 14.9 Å². The van der Waals surface area contributed by atoms with Crippen molar-refractivity contribution in [3.05, 3.63) is 39.4 Å². The summed E-state index contributed by atoms with van der Waals surface area (Å²) in [6.45, 7) is 5.97. The van der Waals surface area contributed by atoms with Crippen molar-refractivity contribution in [1.29, 1.82) is 0 Å². The predicted octanol–water partition coefficient (Wildman–Crippen LogP) is 1.75. The van der Waals surface area contributed by atoms with Crippen LogP contribution in [0.15, 0.2) is 18.2 Å². The van der Waals surface area contributed by atoms with Gasteiger partial charge < -0.3 is 10.0 Å². The van der Waals surface area contributed by atoms with Crippen molar-refractivity contribution in [3.8, 4) is 0 Å². The zero-order valence-electron chi connectivity index (χ0n) is 11.8. The van der Waals surface area contributed by atoms with E-state index in [1.54, 1.807) is 19.1 Å². The predicted molar refractivity (Wildman–Crippen MR) is 73.5 cm³/mol. The molecule has 1 fully saturated rings. The largest absolute Gasteiger partial charge is 0.386 e. The highest BCUT2D eigenvalue weighted by molar-refractivity contribution is 5.95. The number of hydrogen-bond acceptors (Lipinski definition) is 4. The summed E-state index contributed by atoms with van der Waals surface area (Å²) in [7, 11) is 0. The van der Waals surface area contributed by atoms with Crippen LogP contribution in [0, 0.1) is 23.0 Å². The van der Waals surface area contributed by atoms with Gasteiger partial charge in [0.25, 0.3) is 11.6 Å². The average Bonchev–Trinajstić information content (AvgIpc) is 2.34. The van der Waals surface area contributed by atoms with Crippen molar-refractivity contribution >= 4 is 11.6 Å². The Kier molecular flexibility index (Phi) is 3.52. The molecule has 0 unspecified atom stereocenters. The standard InChI is InChI=1S/C14H18N2O4/c1-9(2)14(18)7-15(8-14)13(17)11-5-4-10(3)12(6-11)16(19)20/h4-6,9,18H,7-8H2,1-3H3. The normalized spacial score (nSPS) is 16.9. The Bertz CT molecular complexity index is 562. The summed E-state index contributed by atoms with van der Waals surface area (Å²) in [5.41, 5.74) is -0.0933. The molecule has 20 heavy (non-hydrogen) atoms. The molecule has 0 atom stereocenters. The maximum Gasteiger partial charge on any atom is 0.273 e. The number of carbonyl (C=O) groups excluding carboxylic acids is 1. The van der Waals surface area contributed by atoms with Crippen molar-refractivity contribution < 1.29 is 14.8 Å². The molecule has 6 heteroatoms. The summed E-state index contributed by atoms with van der Waals surface area (Å²) in [6.07, 6.45) is 0. The maximum atomic E-state index is 12.2. The van der Waals surface area contributed by atoms with Gasteiger partial charge in [0.1, 0.15) is 5.60 Å². The van der Waals surface area contributed by atoms with Gasteiger partial charge >= 0.3 is 0 Å². The second kappa shape index (κ2) is 4.86. The highest BCUT2D eigenvalue weighted by atomic mass is 16.6. The minimum absolute atomic E-state index is 0.0597. The van der Waals surface area contributed by atoms with Gasteiger partial charge in [-0.05, 0) is 18.9 Å². The molecule has 0 radical (unpaired) electrons. The molecule has 1 aromatic rings. The van der Waals surface area contributed by atoms with Crippen LogP contribution in [-0.2, 0) is 0 Å². The third-order valence-corrected chi connectivity index (χ3v) is 3.94. The van der Waals surface area contributed by atoms with E-state index in [4.69, 9.17) is 0 Å². The number of nitro benzene ring substituents is 1. The molecule has 0 saturated carbocycles. The quantitative estimate of drug-likeness (QED) is 0.674. The van der Waals surface area contributed by atoms with Gasteiger partial charge in [0.2, 0.25) is 0 Å². The van der Waals surface area contributed by atoms with Crippen molar-refractivity contribution in [2.24, 2.45) is 5.92 Å². The fourth-order valence-electron chi connectivity index (χ4n) is 2.25. The number of amides is 1. The van der Waals surface area contributed by atoms with E-state index >= 15 is 0 Å². The van der Waals surface area contributed by atoms with Gasteiger partial charge in [0.15, 0.2) is 0 Å². The molecule has 2 rings (SSSR count). The minimum atomic E-state index is -0.841. The molecule has 0 spiro atoms. The maximum absolute atomic E-state index is 12.2. The van der Waals surface area contributed by atoms with Gasteiger partial charge in [-0.1, -0.05) is 19.9 Å². The Morgan fingerprint density at radius 1 is 1.45 bits per heavy atom. The van der Waals surface area contributed by atoms with Crippen molar-refractivity contribution in [1.82, 2.24) is 4.90 Å². The van der Waals surface area contributed by atoms with Crippen LogP contribution < -0.4 is 0 Å². The molecule has 108 valence electrons. The van der Waals surface area contributed by atoms with E-state index in [0.29, 0.717) is 5.56 Å². The number of hydrogen-bond donors (Lipinski definition) is 1. The fourth-order valence-corrected chi connectivity index (χ4v) is 2.25. The lowest BCUT2D eigenvalue weighted by atomic mass is 9.82. The monoisotopic (exact) mass is 278 g/mol. The first-order valence-corrected chi connectivity index (χ1v) is 6.51. The number of likely N-dealkylation sites (tertiary alicyclic amines) is 1. The van der Waals surface area contributed by atoms with Crippen LogP contribution >= 0.6 is 0 Å². The number of nitrogens with zero attached hydrogens (tertiary/aromatic N) is 2. The number of carbonyl (C=O) groups is 1. The Morgan fingerprint density at radius 2 is 2.05 bits per heavy atom. The molecule has 1 amide bonds. The Hall–Kier alpha value is -1.95. The van der Waals surface area contributed by atoms with Crippen molar-refractivity contribution in [3.63, 3.8) is 0 Å². The molecule has 1 saturated heterocycles. The number of aryl methyl sites for hydroxylation is 1. The molecule has 1 N–H and O–H groups in total. The molecular formula is C14H18N2O4. The molecule has 1 heterocycles. The van der Waals surface area contributed by atoms with E-state index in [2.05, 4.69) is 0 Å². The van der Waals surface area contributed by atoms with Crippen molar-refractivity contribution in [2.75, 3.05) is 13.1 Å². The van der Waals surface area contributed by atoms with E-state index in [0.717, 1.165) is 0 Å². The second-order valence-electron chi connectivity index (χ2n) is 5.68. The molecule has 0 aliphatic carbocycles. The molecule has 1 aliphatic rings. The number of aliphatic hydroxyl groups is 1. The third kappa shape index (κ3) is 2.38. The smallest absolute Gasteiger partial charge is 0.273 e. The van der Waals surface area contributed by atoms with Crippen LogP contribution in [0.5, 0.6) is 0 Å². The number of benzene rings is 1. The van der Waals surface area contributed by atoms with E-state index in [-0.39, 0.29) is 36.2 Å². The lowest BCUT2D eigenvalue weighted by molar-refractivity contribution is -0.385. The minimum Gasteiger partial charge on any atom is -0.386 e. The Morgan fingerprint density at radius 3 is 2.55 bits per heavy atom. The van der Waals surface area contributed by atoms with E-state index in [9.17, 15) is 20.0 Å². The first-order valence-electron chi connectivity index (χ1n) is 6.51. The Labute approximate surface area is 117 Å². The Balaban J connectivity index is 2.16. The van der Waals surface area contributed by atoms with E-state index in [1.807, 2.05) is 13.8 Å². The molecule has 1 aromatic carbocycles. The average molecular weight is 278 g/mol. The number of β-amino-alcohol motifs (C(OH)–C–C–N with tert-alkyl or cyclic N) is 1. The van der Waals surface area contributed by atoms with Gasteiger partial charge in [-0.25, -0.2) is 0 Å². The van der Waals surface area contributed by atoms with Crippen LogP contribution in [0.25, 0.3) is 0 Å². The summed E-state index contributed by atoms with van der Waals surface area (Å²) in [6, 6.07) is 4.45. The van der Waals surface area contributed by atoms with Crippen LogP contribution in [-0.4, -0.2) is 39.5 Å². The summed E-state index contributed by atoms with van der Waals surface area (Å²) in [5.74, 6) is -0.211. The second-order valence-corrected chi connectivity index (χ2v) is 5.68. The first kappa shape index (κ1) is 14.5. The van der Waals surface area contributed by atoms with Crippen LogP contribution in [0.1, 0.15) is 29.8 Å². The van der Waals surface area contributed by atoms with Crippen LogP contribution in [0.3, 0.4) is 0 Å². The molecule has 0 bridgehead atoms. The number of rotatable bonds is 3. The molecular weight excluding hydrogens is 260 g/mol. The zero-order valence-corrected chi connectivity index (χ0v) is 11.8. The highest BCUT2D eigenvalue weighted by Crippen LogP contribution is 2.30. The molecule has 6 nitrogen and oxygen atoms in total. The number of nitro groups is 1. The molecule has 1 aliphatic heterocycles. The lowest BCUT2D eigenvalue weighted by Crippen LogP contribution is -2.65. The SMILES string of the molecule is Cc1ccc(C(=O)N2CC(O)(C(C)C)C2)cc1[N+](=O)[O-]. The van der Waals surface area contributed by atoms with Crippen molar-refractivity contribution in [2.45, 2.75) is 26.4 Å². The van der Waals surface area contributed by atoms with Crippen LogP contribution in [0.2, 0.25) is 0 Å². The topological polar surface area (TPSA) is 83.7 Å². The fraction of sp³-hybridized carbons (Fsp3) is 0.500. The zero-order chi connectivity index (χ0) is 15.1. The van der Waals surface area contributed by atoms with E-state index < -0.39 is 10.5 Å². The van der Waals surface area contributed by atoms with Gasteiger partial charge in [0, 0.05) is 17.2 Å². The summed E-state index contributed by atoms with van der Waals surface area (Å²) in [5, 5.41) is 21.0. The highest BCUT2D eigenvalue weighted by Gasteiger charge is 2.46. The van der Waals surface area contributed by atoms with Crippen LogP contribution in [0.4, 0.5) is 5.69 Å². The lowest BCUT2D eigenvalue weighted by Gasteiger charge is -2.49. The summed E-state index contributed by atoms with van der Waals surface area (Å²) >= 11 is 0. The van der Waals surface area contributed by atoms with Gasteiger partial charge in [-0.15, -0.1) is 0 Å². The first-order chi connectivity index (χ1) is 9.24. The third-order valence-electron chi connectivity index (χ3n) is 3.94. The molecule has 0 aromatic heterocycles. The van der Waals surface area contributed by atoms with Gasteiger partial charge in [0.05, 0.1) is 18.0 Å². The summed E-state index contributed by atoms with van der Waals surface area (Å²) in [4.78, 5) is 24.1. The summed E-state index contributed by atoms with van der Waals surface area (Å²) < 4.78 is 0. The van der Waals surface area contributed by atoms with E-state index in [1.165, 1.54) is 11.0 Å².